The summed E-state index contributed by atoms with van der Waals surface area (Å²) in [6.45, 7) is 1.96. The number of aromatic nitrogens is 2. The highest BCUT2D eigenvalue weighted by Gasteiger charge is 2.25. The van der Waals surface area contributed by atoms with Crippen molar-refractivity contribution in [3.8, 4) is 0 Å². The van der Waals surface area contributed by atoms with Crippen LogP contribution >= 0.6 is 11.6 Å². The van der Waals surface area contributed by atoms with Gasteiger partial charge >= 0.3 is 0 Å². The Bertz CT molecular complexity index is 425. The molecule has 1 saturated carbocycles. The van der Waals surface area contributed by atoms with Crippen LogP contribution in [0.5, 0.6) is 0 Å². The molecule has 1 aromatic heterocycles. The number of carbonyl (C=O) groups is 1. The highest BCUT2D eigenvalue weighted by atomic mass is 35.5. The largest absolute Gasteiger partial charge is 0.368 e. The van der Waals surface area contributed by atoms with Crippen LogP contribution in [0.15, 0.2) is 6.07 Å². The predicted octanol–water partition coefficient (Wildman–Crippen LogP) is 1.67. The molecule has 98 valence electrons. The van der Waals surface area contributed by atoms with Crippen molar-refractivity contribution in [1.29, 1.82) is 0 Å². The third kappa shape index (κ3) is 3.10. The van der Waals surface area contributed by atoms with E-state index in [1.54, 1.807) is 13.0 Å². The fourth-order valence-electron chi connectivity index (χ4n) is 2.44. The van der Waals surface area contributed by atoms with Crippen molar-refractivity contribution in [2.75, 3.05) is 11.4 Å². The van der Waals surface area contributed by atoms with Crippen molar-refractivity contribution in [2.24, 2.45) is 5.73 Å². The number of nitrogens with zero attached hydrogens (tertiary/aromatic N) is 3. The van der Waals surface area contributed by atoms with E-state index in [0.29, 0.717) is 22.8 Å². The van der Waals surface area contributed by atoms with Crippen LogP contribution in [-0.2, 0) is 4.79 Å². The minimum Gasteiger partial charge on any atom is -0.368 e. The van der Waals surface area contributed by atoms with Crippen LogP contribution in [0.2, 0.25) is 5.15 Å². The molecule has 1 amide bonds. The molecule has 0 spiro atoms. The van der Waals surface area contributed by atoms with Crippen molar-refractivity contribution >= 4 is 23.3 Å². The molecule has 0 aliphatic heterocycles. The van der Waals surface area contributed by atoms with Crippen LogP contribution in [0.3, 0.4) is 0 Å². The van der Waals surface area contributed by atoms with Gasteiger partial charge in [-0.2, -0.15) is 0 Å². The maximum Gasteiger partial charge on any atom is 0.237 e. The van der Waals surface area contributed by atoms with Gasteiger partial charge in [-0.15, -0.1) is 0 Å². The van der Waals surface area contributed by atoms with Gasteiger partial charge in [0.2, 0.25) is 5.91 Å². The van der Waals surface area contributed by atoms with Crippen molar-refractivity contribution in [1.82, 2.24) is 9.97 Å². The topological polar surface area (TPSA) is 72.1 Å². The van der Waals surface area contributed by atoms with Crippen molar-refractivity contribution in [3.05, 3.63) is 17.0 Å². The predicted molar refractivity (Wildman–Crippen MR) is 70.6 cm³/mol. The van der Waals surface area contributed by atoms with E-state index >= 15 is 0 Å². The zero-order chi connectivity index (χ0) is 13.1. The summed E-state index contributed by atoms with van der Waals surface area (Å²) in [4.78, 5) is 21.6. The zero-order valence-corrected chi connectivity index (χ0v) is 11.2. The highest BCUT2D eigenvalue weighted by molar-refractivity contribution is 6.29. The van der Waals surface area contributed by atoms with Crippen LogP contribution in [0.4, 0.5) is 5.82 Å². The van der Waals surface area contributed by atoms with Crippen LogP contribution in [-0.4, -0.2) is 28.5 Å². The fourth-order valence-corrected chi connectivity index (χ4v) is 2.66. The van der Waals surface area contributed by atoms with Gasteiger partial charge in [0, 0.05) is 12.1 Å². The third-order valence-electron chi connectivity index (χ3n) is 3.18. The van der Waals surface area contributed by atoms with E-state index in [0.717, 1.165) is 12.8 Å². The molecule has 1 fully saturated rings. The molecule has 0 atom stereocenters. The first-order valence-electron chi connectivity index (χ1n) is 6.12. The number of aryl methyl sites for hydroxylation is 1. The minimum absolute atomic E-state index is 0.178. The number of hydrogen-bond acceptors (Lipinski definition) is 4. The lowest BCUT2D eigenvalue weighted by molar-refractivity contribution is -0.116. The molecule has 0 radical (unpaired) electrons. The Balaban J connectivity index is 2.28. The number of hydrogen-bond donors (Lipinski definition) is 1. The summed E-state index contributed by atoms with van der Waals surface area (Å²) < 4.78 is 0. The number of amides is 1. The summed E-state index contributed by atoms with van der Waals surface area (Å²) in [5.74, 6) is 0.942. The number of anilines is 1. The van der Waals surface area contributed by atoms with E-state index in [9.17, 15) is 4.79 Å². The van der Waals surface area contributed by atoms with Crippen LogP contribution in [0.1, 0.15) is 31.5 Å². The average Bonchev–Trinajstić information content (AvgIpc) is 2.77. The quantitative estimate of drug-likeness (QED) is 0.843. The Morgan fingerprint density at radius 3 is 2.72 bits per heavy atom. The molecule has 1 aliphatic rings. The zero-order valence-electron chi connectivity index (χ0n) is 10.4. The van der Waals surface area contributed by atoms with E-state index in [1.807, 2.05) is 4.90 Å². The number of halogens is 1. The van der Waals surface area contributed by atoms with Gasteiger partial charge in [0.1, 0.15) is 16.8 Å². The van der Waals surface area contributed by atoms with Gasteiger partial charge in [-0.25, -0.2) is 9.97 Å². The molecule has 1 aliphatic carbocycles. The minimum atomic E-state index is -0.353. The van der Waals surface area contributed by atoms with E-state index in [1.165, 1.54) is 12.8 Å². The molecule has 1 aromatic rings. The number of primary amides is 1. The van der Waals surface area contributed by atoms with Gasteiger partial charge in [-0.1, -0.05) is 24.4 Å². The maximum atomic E-state index is 11.2. The Morgan fingerprint density at radius 1 is 1.50 bits per heavy atom. The van der Waals surface area contributed by atoms with Gasteiger partial charge in [0.05, 0.1) is 6.54 Å². The first-order valence-corrected chi connectivity index (χ1v) is 6.50. The molecule has 0 aromatic carbocycles. The Hall–Kier alpha value is -1.36. The molecule has 0 saturated heterocycles. The molecular weight excluding hydrogens is 252 g/mol. The summed E-state index contributed by atoms with van der Waals surface area (Å²) in [5, 5.41) is 0.393. The van der Waals surface area contributed by atoms with E-state index in [2.05, 4.69) is 9.97 Å². The molecule has 2 N–H and O–H groups in total. The molecule has 0 bridgehead atoms. The normalized spacial score (nSPS) is 15.9. The second kappa shape index (κ2) is 5.52. The fraction of sp³-hybridized carbons (Fsp3) is 0.583. The molecule has 5 nitrogen and oxygen atoms in total. The van der Waals surface area contributed by atoms with Gasteiger partial charge < -0.3 is 10.6 Å². The third-order valence-corrected chi connectivity index (χ3v) is 3.37. The summed E-state index contributed by atoms with van der Waals surface area (Å²) >= 11 is 5.94. The highest BCUT2D eigenvalue weighted by Crippen LogP contribution is 2.27. The molecule has 1 heterocycles. The SMILES string of the molecule is Cc1nc(Cl)cc(N(CC(N)=O)C2CCCC2)n1. The maximum absolute atomic E-state index is 11.2. The first-order chi connectivity index (χ1) is 8.56. The molecule has 0 unspecified atom stereocenters. The van der Waals surface area contributed by atoms with Crippen LogP contribution in [0, 0.1) is 6.92 Å². The smallest absolute Gasteiger partial charge is 0.237 e. The van der Waals surface area contributed by atoms with Gasteiger partial charge in [-0.3, -0.25) is 4.79 Å². The molecule has 2 rings (SSSR count). The Kier molecular flexibility index (Phi) is 4.01. The van der Waals surface area contributed by atoms with Gasteiger partial charge in [-0.05, 0) is 19.8 Å². The standard InChI is InChI=1S/C12H17ClN4O/c1-8-15-10(13)6-12(16-8)17(7-11(14)18)9-4-2-3-5-9/h6,9H,2-5,7H2,1H3,(H2,14,18). The lowest BCUT2D eigenvalue weighted by Crippen LogP contribution is -2.40. The first kappa shape index (κ1) is 13.1. The van der Waals surface area contributed by atoms with E-state index < -0.39 is 0 Å². The summed E-state index contributed by atoms with van der Waals surface area (Å²) in [6, 6.07) is 2.01. The lowest BCUT2D eigenvalue weighted by Gasteiger charge is -2.29. The summed E-state index contributed by atoms with van der Waals surface area (Å²) in [5.41, 5.74) is 5.32. The van der Waals surface area contributed by atoms with Crippen LogP contribution in [0.25, 0.3) is 0 Å². The van der Waals surface area contributed by atoms with E-state index in [4.69, 9.17) is 17.3 Å². The monoisotopic (exact) mass is 268 g/mol. The van der Waals surface area contributed by atoms with Gasteiger partial charge in [0.15, 0.2) is 0 Å². The Labute approximate surface area is 111 Å². The summed E-state index contributed by atoms with van der Waals surface area (Å²) in [6.07, 6.45) is 4.48. The van der Waals surface area contributed by atoms with Crippen LogP contribution < -0.4 is 10.6 Å². The number of nitrogens with two attached hydrogens (primary N) is 1. The van der Waals surface area contributed by atoms with Crippen molar-refractivity contribution < 1.29 is 4.79 Å². The average molecular weight is 269 g/mol. The van der Waals surface area contributed by atoms with Gasteiger partial charge in [0.25, 0.3) is 0 Å². The second-order valence-electron chi connectivity index (χ2n) is 4.63. The number of carbonyl (C=O) groups excluding carboxylic acids is 1. The summed E-state index contributed by atoms with van der Waals surface area (Å²) in [7, 11) is 0. The molecular formula is C12H17ClN4O. The molecule has 6 heteroatoms. The number of rotatable bonds is 4. The Morgan fingerprint density at radius 2 is 2.17 bits per heavy atom. The van der Waals surface area contributed by atoms with Crippen molar-refractivity contribution in [3.63, 3.8) is 0 Å². The van der Waals surface area contributed by atoms with E-state index in [-0.39, 0.29) is 12.5 Å². The lowest BCUT2D eigenvalue weighted by atomic mass is 10.2. The second-order valence-corrected chi connectivity index (χ2v) is 5.02. The van der Waals surface area contributed by atoms with Crippen molar-refractivity contribution in [2.45, 2.75) is 38.6 Å². The molecule has 18 heavy (non-hydrogen) atoms.